The number of allylic oxidation sites excluding steroid dienone is 1. The van der Waals surface area contributed by atoms with E-state index in [0.29, 0.717) is 24.5 Å². The average Bonchev–Trinajstić information content (AvgIpc) is 2.62. The maximum absolute atomic E-state index is 9.49. The van der Waals surface area contributed by atoms with Crippen LogP contribution in [-0.2, 0) is 0 Å². The van der Waals surface area contributed by atoms with Crippen molar-refractivity contribution in [2.24, 2.45) is 0 Å². The first kappa shape index (κ1) is 19.1. The Bertz CT molecular complexity index is 760. The van der Waals surface area contributed by atoms with Crippen LogP contribution < -0.4 is 9.47 Å². The first-order valence-corrected chi connectivity index (χ1v) is 9.24. The van der Waals surface area contributed by atoms with E-state index in [1.165, 1.54) is 0 Å². The van der Waals surface area contributed by atoms with Crippen LogP contribution in [0.5, 0.6) is 11.5 Å². The third-order valence-electron chi connectivity index (χ3n) is 3.61. The fraction of sp³-hybridized carbons (Fsp3) is 0.286. The number of benzene rings is 2. The molecule has 0 heterocycles. The summed E-state index contributed by atoms with van der Waals surface area (Å²) < 4.78 is 12.5. The molecule has 0 saturated heterocycles. The Labute approximate surface area is 158 Å². The molecule has 2 rings (SSSR count). The van der Waals surface area contributed by atoms with E-state index in [2.05, 4.69) is 28.9 Å². The maximum atomic E-state index is 9.49. The van der Waals surface area contributed by atoms with Crippen LogP contribution >= 0.6 is 15.9 Å². The molecule has 0 N–H and O–H groups in total. The summed E-state index contributed by atoms with van der Waals surface area (Å²) in [4.78, 5) is 0. The Morgan fingerprint density at radius 1 is 1.08 bits per heavy atom. The van der Waals surface area contributed by atoms with Gasteiger partial charge < -0.3 is 9.47 Å². The van der Waals surface area contributed by atoms with Crippen molar-refractivity contribution in [3.8, 4) is 17.6 Å². The van der Waals surface area contributed by atoms with Crippen LogP contribution in [0, 0.1) is 11.3 Å². The number of rotatable bonds is 8. The van der Waals surface area contributed by atoms with Gasteiger partial charge in [0.2, 0.25) is 0 Å². The number of halogens is 1. The van der Waals surface area contributed by atoms with Crippen LogP contribution in [0.4, 0.5) is 0 Å². The molecule has 0 radical (unpaired) electrons. The minimum Gasteiger partial charge on any atom is -0.490 e. The highest BCUT2D eigenvalue weighted by Gasteiger charge is 2.07. The molecule has 0 aliphatic heterocycles. The van der Waals surface area contributed by atoms with Crippen molar-refractivity contribution < 1.29 is 9.47 Å². The first-order valence-electron chi connectivity index (χ1n) is 8.45. The molecular formula is C21H22BrNO2. The van der Waals surface area contributed by atoms with E-state index in [-0.39, 0.29) is 0 Å². The molecule has 3 nitrogen and oxygen atoms in total. The number of nitrogens with zero attached hydrogens (tertiary/aromatic N) is 1. The summed E-state index contributed by atoms with van der Waals surface area (Å²) in [6.45, 7) is 5.32. The van der Waals surface area contributed by atoms with Gasteiger partial charge in [0.15, 0.2) is 11.5 Å². The molecule has 0 unspecified atom stereocenters. The highest BCUT2D eigenvalue weighted by Crippen LogP contribution is 2.30. The van der Waals surface area contributed by atoms with Gasteiger partial charge in [0.25, 0.3) is 0 Å². The van der Waals surface area contributed by atoms with Crippen LogP contribution in [0.15, 0.2) is 46.9 Å². The minimum absolute atomic E-state index is 0.565. The molecule has 0 saturated carbocycles. The normalized spacial score (nSPS) is 11.0. The highest BCUT2D eigenvalue weighted by molar-refractivity contribution is 9.10. The zero-order valence-corrected chi connectivity index (χ0v) is 16.2. The Morgan fingerprint density at radius 3 is 2.48 bits per heavy atom. The van der Waals surface area contributed by atoms with E-state index in [0.717, 1.165) is 34.2 Å². The van der Waals surface area contributed by atoms with Gasteiger partial charge in [-0.3, -0.25) is 0 Å². The zero-order valence-electron chi connectivity index (χ0n) is 14.6. The lowest BCUT2D eigenvalue weighted by Gasteiger charge is -2.12. The van der Waals surface area contributed by atoms with Gasteiger partial charge in [-0.25, -0.2) is 0 Å². The van der Waals surface area contributed by atoms with Crippen LogP contribution in [0.2, 0.25) is 0 Å². The summed E-state index contributed by atoms with van der Waals surface area (Å²) in [5, 5.41) is 9.49. The summed E-state index contributed by atoms with van der Waals surface area (Å²) in [5.41, 5.74) is 2.40. The second-order valence-corrected chi connectivity index (χ2v) is 6.43. The van der Waals surface area contributed by atoms with E-state index in [9.17, 15) is 5.26 Å². The van der Waals surface area contributed by atoms with Crippen molar-refractivity contribution in [1.29, 1.82) is 5.26 Å². The van der Waals surface area contributed by atoms with E-state index in [1.807, 2.05) is 55.5 Å². The molecule has 4 heteroatoms. The molecule has 0 aliphatic carbocycles. The topological polar surface area (TPSA) is 42.2 Å². The van der Waals surface area contributed by atoms with Crippen LogP contribution in [0.3, 0.4) is 0 Å². The number of unbranched alkanes of at least 4 members (excludes halogenated alkanes) is 1. The summed E-state index contributed by atoms with van der Waals surface area (Å²) >= 11 is 3.41. The molecule has 0 atom stereocenters. The van der Waals surface area contributed by atoms with Crippen LogP contribution in [0.25, 0.3) is 11.6 Å². The molecule has 0 spiro atoms. The molecule has 0 aliphatic rings. The van der Waals surface area contributed by atoms with E-state index in [1.54, 1.807) is 0 Å². The van der Waals surface area contributed by atoms with Gasteiger partial charge >= 0.3 is 0 Å². The fourth-order valence-corrected chi connectivity index (χ4v) is 2.57. The second-order valence-electron chi connectivity index (χ2n) is 5.52. The molecular weight excluding hydrogens is 378 g/mol. The smallest absolute Gasteiger partial charge is 0.161 e. The van der Waals surface area contributed by atoms with Crippen molar-refractivity contribution in [2.75, 3.05) is 13.2 Å². The molecule has 0 amide bonds. The van der Waals surface area contributed by atoms with Gasteiger partial charge in [-0.1, -0.05) is 47.5 Å². The first-order chi connectivity index (χ1) is 12.2. The standard InChI is InChI=1S/C21H22BrNO2/c1-3-5-12-25-20-11-6-16(14-21(20)24-4-2)13-18(15-23)17-7-9-19(22)10-8-17/h6-11,13-14H,3-5,12H2,1-2H3/b18-13+. The van der Waals surface area contributed by atoms with Crippen molar-refractivity contribution in [1.82, 2.24) is 0 Å². The monoisotopic (exact) mass is 399 g/mol. The number of ether oxygens (including phenoxy) is 2. The quantitative estimate of drug-likeness (QED) is 0.306. The highest BCUT2D eigenvalue weighted by atomic mass is 79.9. The number of hydrogen-bond acceptors (Lipinski definition) is 3. The molecule has 2 aromatic rings. The zero-order chi connectivity index (χ0) is 18.1. The van der Waals surface area contributed by atoms with E-state index in [4.69, 9.17) is 9.47 Å². The van der Waals surface area contributed by atoms with E-state index >= 15 is 0 Å². The summed E-state index contributed by atoms with van der Waals surface area (Å²) in [7, 11) is 0. The lowest BCUT2D eigenvalue weighted by atomic mass is 10.0. The van der Waals surface area contributed by atoms with Crippen molar-refractivity contribution in [2.45, 2.75) is 26.7 Å². The summed E-state index contributed by atoms with van der Waals surface area (Å²) in [6.07, 6.45) is 3.96. The molecule has 2 aromatic carbocycles. The van der Waals surface area contributed by atoms with Gasteiger partial charge in [-0.2, -0.15) is 5.26 Å². The largest absolute Gasteiger partial charge is 0.490 e. The Morgan fingerprint density at radius 2 is 1.84 bits per heavy atom. The second kappa shape index (κ2) is 9.90. The summed E-state index contributed by atoms with van der Waals surface area (Å²) in [6, 6.07) is 15.7. The Kier molecular flexibility index (Phi) is 7.56. The minimum atomic E-state index is 0.565. The Hall–Kier alpha value is -2.25. The average molecular weight is 400 g/mol. The van der Waals surface area contributed by atoms with Gasteiger partial charge in [-0.05, 0) is 54.8 Å². The maximum Gasteiger partial charge on any atom is 0.161 e. The molecule has 0 bridgehead atoms. The molecule has 0 aromatic heterocycles. The lowest BCUT2D eigenvalue weighted by Crippen LogP contribution is -2.00. The molecule has 130 valence electrons. The fourth-order valence-electron chi connectivity index (χ4n) is 2.30. The van der Waals surface area contributed by atoms with Gasteiger partial charge in [0, 0.05) is 4.47 Å². The third-order valence-corrected chi connectivity index (χ3v) is 4.14. The van der Waals surface area contributed by atoms with Crippen LogP contribution in [0.1, 0.15) is 37.8 Å². The number of nitriles is 1. The predicted molar refractivity (Wildman–Crippen MR) is 106 cm³/mol. The molecule has 25 heavy (non-hydrogen) atoms. The molecule has 0 fully saturated rings. The van der Waals surface area contributed by atoms with Gasteiger partial charge in [-0.15, -0.1) is 0 Å². The van der Waals surface area contributed by atoms with E-state index < -0.39 is 0 Å². The predicted octanol–water partition coefficient (Wildman–Crippen LogP) is 6.09. The van der Waals surface area contributed by atoms with Crippen molar-refractivity contribution in [3.63, 3.8) is 0 Å². The van der Waals surface area contributed by atoms with Crippen LogP contribution in [-0.4, -0.2) is 13.2 Å². The Balaban J connectivity index is 2.29. The van der Waals surface area contributed by atoms with Crippen molar-refractivity contribution in [3.05, 3.63) is 58.1 Å². The van der Waals surface area contributed by atoms with Crippen molar-refractivity contribution >= 4 is 27.6 Å². The SMILES string of the molecule is CCCCOc1ccc(/C=C(\C#N)c2ccc(Br)cc2)cc1OCC. The number of hydrogen-bond donors (Lipinski definition) is 0. The summed E-state index contributed by atoms with van der Waals surface area (Å²) in [5.74, 6) is 1.45. The third kappa shape index (κ3) is 5.65. The van der Waals surface area contributed by atoms with Gasteiger partial charge in [0.1, 0.15) is 0 Å². The lowest BCUT2D eigenvalue weighted by molar-refractivity contribution is 0.272. The van der Waals surface area contributed by atoms with Gasteiger partial charge in [0.05, 0.1) is 24.9 Å².